The monoisotopic (exact) mass is 300 g/mol. The van der Waals surface area contributed by atoms with E-state index in [1.54, 1.807) is 12.1 Å². The fourth-order valence-corrected chi connectivity index (χ4v) is 2.81. The summed E-state index contributed by atoms with van der Waals surface area (Å²) >= 11 is 0. The molecule has 0 spiro atoms. The maximum absolute atomic E-state index is 11.7. The van der Waals surface area contributed by atoms with Crippen molar-refractivity contribution in [3.63, 3.8) is 0 Å². The van der Waals surface area contributed by atoms with Gasteiger partial charge < -0.3 is 9.84 Å². The Labute approximate surface area is 119 Å². The normalized spacial score (nSPS) is 11.2. The van der Waals surface area contributed by atoms with E-state index in [9.17, 15) is 13.2 Å². The minimum atomic E-state index is -3.18. The Kier molecular flexibility index (Phi) is 6.51. The van der Waals surface area contributed by atoms with Gasteiger partial charge in [0.15, 0.2) is 9.84 Å². The van der Waals surface area contributed by atoms with Gasteiger partial charge in [-0.3, -0.25) is 4.79 Å². The maximum atomic E-state index is 11.7. The Bertz CT molecular complexity index is 519. The summed E-state index contributed by atoms with van der Waals surface area (Å²) in [5.74, 6) is -0.285. The van der Waals surface area contributed by atoms with Crippen molar-refractivity contribution in [1.82, 2.24) is 0 Å². The summed E-state index contributed by atoms with van der Waals surface area (Å²) in [5, 5.41) is 8.46. The van der Waals surface area contributed by atoms with Gasteiger partial charge in [0, 0.05) is 6.42 Å². The van der Waals surface area contributed by atoms with E-state index in [-0.39, 0.29) is 24.5 Å². The molecule has 0 radical (unpaired) electrons. The second-order valence-electron chi connectivity index (χ2n) is 4.66. The molecule has 0 atom stereocenters. The second kappa shape index (κ2) is 7.89. The SMILES string of the molecule is Cc1ccc(OCCS(=O)(=O)CCCCC(=O)O)cc1. The van der Waals surface area contributed by atoms with Gasteiger partial charge >= 0.3 is 5.97 Å². The lowest BCUT2D eigenvalue weighted by Gasteiger charge is -2.07. The fraction of sp³-hybridized carbons (Fsp3) is 0.500. The maximum Gasteiger partial charge on any atom is 0.303 e. The summed E-state index contributed by atoms with van der Waals surface area (Å²) in [7, 11) is -3.18. The first-order valence-corrected chi connectivity index (χ1v) is 8.33. The highest BCUT2D eigenvalue weighted by Gasteiger charge is 2.11. The number of sulfone groups is 1. The van der Waals surface area contributed by atoms with E-state index in [2.05, 4.69) is 0 Å². The number of hydrogen-bond acceptors (Lipinski definition) is 4. The topological polar surface area (TPSA) is 80.7 Å². The molecule has 6 heteroatoms. The molecule has 112 valence electrons. The van der Waals surface area contributed by atoms with Crippen molar-refractivity contribution < 1.29 is 23.1 Å². The van der Waals surface area contributed by atoms with Gasteiger partial charge in [0.05, 0.1) is 11.5 Å². The van der Waals surface area contributed by atoms with Crippen LogP contribution in [0.5, 0.6) is 5.75 Å². The molecule has 0 saturated carbocycles. The molecule has 1 aromatic carbocycles. The summed E-state index contributed by atoms with van der Waals surface area (Å²) in [6, 6.07) is 7.40. The number of carboxylic acids is 1. The number of carbonyl (C=O) groups is 1. The van der Waals surface area contributed by atoms with Crippen molar-refractivity contribution in [1.29, 1.82) is 0 Å². The highest BCUT2D eigenvalue weighted by atomic mass is 32.2. The molecule has 0 bridgehead atoms. The minimum Gasteiger partial charge on any atom is -0.493 e. The molecule has 1 N–H and O–H groups in total. The molecule has 5 nitrogen and oxygen atoms in total. The Morgan fingerprint density at radius 2 is 1.80 bits per heavy atom. The zero-order valence-electron chi connectivity index (χ0n) is 11.5. The zero-order chi connectivity index (χ0) is 15.0. The van der Waals surface area contributed by atoms with Crippen LogP contribution < -0.4 is 4.74 Å². The quantitative estimate of drug-likeness (QED) is 0.706. The van der Waals surface area contributed by atoms with Crippen molar-refractivity contribution in [3.05, 3.63) is 29.8 Å². The third-order valence-corrected chi connectivity index (χ3v) is 4.48. The fourth-order valence-electron chi connectivity index (χ4n) is 1.62. The van der Waals surface area contributed by atoms with Crippen molar-refractivity contribution in [3.8, 4) is 5.75 Å². The lowest BCUT2D eigenvalue weighted by Crippen LogP contribution is -2.17. The van der Waals surface area contributed by atoms with E-state index in [1.807, 2.05) is 19.1 Å². The smallest absolute Gasteiger partial charge is 0.303 e. The molecule has 0 aliphatic heterocycles. The number of benzene rings is 1. The van der Waals surface area contributed by atoms with Crippen LogP contribution in [0, 0.1) is 6.92 Å². The predicted octanol–water partition coefficient (Wildman–Crippen LogP) is 2.04. The van der Waals surface area contributed by atoms with Gasteiger partial charge in [-0.1, -0.05) is 17.7 Å². The third-order valence-electron chi connectivity index (χ3n) is 2.78. The van der Waals surface area contributed by atoms with Gasteiger partial charge in [0.2, 0.25) is 0 Å². The van der Waals surface area contributed by atoms with E-state index in [0.717, 1.165) is 5.56 Å². The standard InChI is InChI=1S/C14H20O5S/c1-12-5-7-13(8-6-12)19-9-11-20(17,18)10-3-2-4-14(15)16/h5-8H,2-4,9-11H2,1H3,(H,15,16). The summed E-state index contributed by atoms with van der Waals surface area (Å²) in [6.07, 6.45) is 0.766. The van der Waals surface area contributed by atoms with Crippen molar-refractivity contribution >= 4 is 15.8 Å². The molecule has 0 heterocycles. The minimum absolute atomic E-state index is 0.00931. The Hall–Kier alpha value is -1.56. The highest BCUT2D eigenvalue weighted by molar-refractivity contribution is 7.91. The molecule has 0 saturated heterocycles. The van der Waals surface area contributed by atoms with Crippen LogP contribution in [-0.4, -0.2) is 37.6 Å². The van der Waals surface area contributed by atoms with Crippen molar-refractivity contribution in [2.24, 2.45) is 0 Å². The van der Waals surface area contributed by atoms with E-state index >= 15 is 0 Å². The molecule has 0 aromatic heterocycles. The van der Waals surface area contributed by atoms with Gasteiger partial charge in [0.25, 0.3) is 0 Å². The number of unbranched alkanes of at least 4 members (excludes halogenated alkanes) is 1. The van der Waals surface area contributed by atoms with Gasteiger partial charge in [-0.15, -0.1) is 0 Å². The zero-order valence-corrected chi connectivity index (χ0v) is 12.4. The lowest BCUT2D eigenvalue weighted by atomic mass is 10.2. The lowest BCUT2D eigenvalue weighted by molar-refractivity contribution is -0.137. The van der Waals surface area contributed by atoms with Crippen LogP contribution in [0.2, 0.25) is 0 Å². The number of ether oxygens (including phenoxy) is 1. The molecule has 0 amide bonds. The van der Waals surface area contributed by atoms with E-state index < -0.39 is 15.8 Å². The largest absolute Gasteiger partial charge is 0.493 e. The van der Waals surface area contributed by atoms with Crippen LogP contribution in [0.1, 0.15) is 24.8 Å². The number of rotatable bonds is 9. The number of aliphatic carboxylic acids is 1. The van der Waals surface area contributed by atoms with Crippen LogP contribution in [0.4, 0.5) is 0 Å². The number of aryl methyl sites for hydroxylation is 1. The second-order valence-corrected chi connectivity index (χ2v) is 6.97. The van der Waals surface area contributed by atoms with Gasteiger partial charge in [-0.2, -0.15) is 0 Å². The first-order chi connectivity index (χ1) is 9.39. The Morgan fingerprint density at radius 1 is 1.15 bits per heavy atom. The van der Waals surface area contributed by atoms with Gasteiger partial charge in [-0.05, 0) is 31.9 Å². The van der Waals surface area contributed by atoms with Crippen LogP contribution in [-0.2, 0) is 14.6 Å². The number of hydrogen-bond donors (Lipinski definition) is 1. The molecular formula is C14H20O5S. The van der Waals surface area contributed by atoms with Crippen molar-refractivity contribution in [2.75, 3.05) is 18.1 Å². The van der Waals surface area contributed by atoms with Gasteiger partial charge in [-0.25, -0.2) is 8.42 Å². The Balaban J connectivity index is 2.25. The first kappa shape index (κ1) is 16.5. The molecule has 0 unspecified atom stereocenters. The number of carboxylic acid groups (broad SMARTS) is 1. The van der Waals surface area contributed by atoms with Crippen LogP contribution >= 0.6 is 0 Å². The first-order valence-electron chi connectivity index (χ1n) is 6.51. The molecule has 0 fully saturated rings. The van der Waals surface area contributed by atoms with E-state index in [4.69, 9.17) is 9.84 Å². The van der Waals surface area contributed by atoms with Crippen LogP contribution in [0.15, 0.2) is 24.3 Å². The molecule has 20 heavy (non-hydrogen) atoms. The summed E-state index contributed by atoms with van der Waals surface area (Å²) in [5.41, 5.74) is 1.11. The highest BCUT2D eigenvalue weighted by Crippen LogP contribution is 2.11. The van der Waals surface area contributed by atoms with Crippen LogP contribution in [0.3, 0.4) is 0 Å². The third kappa shape index (κ3) is 7.13. The predicted molar refractivity (Wildman–Crippen MR) is 76.8 cm³/mol. The molecule has 1 rings (SSSR count). The summed E-state index contributed by atoms with van der Waals surface area (Å²) < 4.78 is 28.8. The average Bonchev–Trinajstić information content (AvgIpc) is 2.37. The van der Waals surface area contributed by atoms with Crippen LogP contribution in [0.25, 0.3) is 0 Å². The average molecular weight is 300 g/mol. The van der Waals surface area contributed by atoms with Gasteiger partial charge in [0.1, 0.15) is 12.4 Å². The Morgan fingerprint density at radius 3 is 2.40 bits per heavy atom. The summed E-state index contributed by atoms with van der Waals surface area (Å²) in [6.45, 7) is 2.08. The van der Waals surface area contributed by atoms with E-state index in [1.165, 1.54) is 0 Å². The molecule has 0 aliphatic carbocycles. The molecule has 0 aliphatic rings. The van der Waals surface area contributed by atoms with Crippen molar-refractivity contribution in [2.45, 2.75) is 26.2 Å². The van der Waals surface area contributed by atoms with E-state index in [0.29, 0.717) is 18.6 Å². The molecular weight excluding hydrogens is 280 g/mol. The molecule has 1 aromatic rings. The summed E-state index contributed by atoms with van der Waals surface area (Å²) in [4.78, 5) is 10.3.